The summed E-state index contributed by atoms with van der Waals surface area (Å²) in [6.07, 6.45) is 4.16. The molecule has 0 nitrogen and oxygen atoms in total. The smallest absolute Gasteiger partial charge is 0.00848 e. The first kappa shape index (κ1) is 8.34. The van der Waals surface area contributed by atoms with E-state index >= 15 is 0 Å². The van der Waals surface area contributed by atoms with Gasteiger partial charge in [0.15, 0.2) is 0 Å². The molecule has 0 spiro atoms. The number of hydrogen-bond donors (Lipinski definition) is 0. The first-order valence-corrected chi connectivity index (χ1v) is 5.24. The largest absolute Gasteiger partial charge is 0.0993 e. The fourth-order valence-corrected chi connectivity index (χ4v) is 3.31. The van der Waals surface area contributed by atoms with Crippen molar-refractivity contribution < 1.29 is 0 Å². The van der Waals surface area contributed by atoms with E-state index < -0.39 is 0 Å². The average molecular weight is 164 g/mol. The van der Waals surface area contributed by atoms with Gasteiger partial charge in [0.1, 0.15) is 0 Å². The van der Waals surface area contributed by atoms with E-state index in [9.17, 15) is 0 Å². The zero-order valence-corrected chi connectivity index (χ0v) is 8.56. The van der Waals surface area contributed by atoms with Gasteiger partial charge in [0, 0.05) is 0 Å². The van der Waals surface area contributed by atoms with E-state index in [1.807, 2.05) is 0 Å². The van der Waals surface area contributed by atoms with Crippen LogP contribution in [0.1, 0.15) is 40.0 Å². The Morgan fingerprint density at radius 3 is 2.58 bits per heavy atom. The number of rotatable bonds is 1. The second-order valence-corrected chi connectivity index (χ2v) is 5.28. The normalized spacial score (nSPS) is 46.2. The molecule has 0 bridgehead atoms. The maximum atomic E-state index is 4.17. The topological polar surface area (TPSA) is 0 Å². The first-order chi connectivity index (χ1) is 5.55. The zero-order chi connectivity index (χ0) is 8.93. The lowest BCUT2D eigenvalue weighted by atomic mass is 9.57. The van der Waals surface area contributed by atoms with Gasteiger partial charge in [0.25, 0.3) is 0 Å². The Hall–Kier alpha value is -0.260. The lowest BCUT2D eigenvalue weighted by molar-refractivity contribution is 0.125. The molecule has 2 fully saturated rings. The molecule has 0 aromatic carbocycles. The Balaban J connectivity index is 2.15. The molecule has 0 amide bonds. The van der Waals surface area contributed by atoms with Gasteiger partial charge in [-0.25, -0.2) is 0 Å². The van der Waals surface area contributed by atoms with Gasteiger partial charge >= 0.3 is 0 Å². The van der Waals surface area contributed by atoms with Gasteiger partial charge in [-0.2, -0.15) is 0 Å². The Kier molecular flexibility index (Phi) is 1.65. The summed E-state index contributed by atoms with van der Waals surface area (Å²) in [5, 5.41) is 0. The number of fused-ring (bicyclic) bond motifs is 1. The lowest BCUT2D eigenvalue weighted by Gasteiger charge is -2.47. The molecule has 0 aromatic heterocycles. The van der Waals surface area contributed by atoms with Crippen molar-refractivity contribution in [2.24, 2.45) is 23.2 Å². The molecular formula is C12H20. The van der Waals surface area contributed by atoms with E-state index in [1.54, 1.807) is 0 Å². The van der Waals surface area contributed by atoms with Crippen molar-refractivity contribution >= 4 is 0 Å². The maximum Gasteiger partial charge on any atom is -0.00848 e. The molecule has 2 rings (SSSR count). The maximum absolute atomic E-state index is 4.17. The third kappa shape index (κ3) is 0.841. The highest BCUT2D eigenvalue weighted by Gasteiger charge is 2.54. The highest BCUT2D eigenvalue weighted by molar-refractivity contribution is 5.26. The second kappa shape index (κ2) is 2.37. The molecule has 0 saturated heterocycles. The number of allylic oxidation sites excluding steroid dienone is 1. The summed E-state index contributed by atoms with van der Waals surface area (Å²) in [7, 11) is 0. The van der Waals surface area contributed by atoms with Crippen LogP contribution in [0.2, 0.25) is 0 Å². The summed E-state index contributed by atoms with van der Waals surface area (Å²) in [5.41, 5.74) is 2.07. The quantitative estimate of drug-likeness (QED) is 0.519. The van der Waals surface area contributed by atoms with Gasteiger partial charge < -0.3 is 0 Å². The molecular weight excluding hydrogens is 144 g/mol. The van der Waals surface area contributed by atoms with Crippen LogP contribution in [0, 0.1) is 23.2 Å². The fraction of sp³-hybridized carbons (Fsp3) is 0.833. The van der Waals surface area contributed by atoms with Crippen LogP contribution in [-0.4, -0.2) is 0 Å². The van der Waals surface area contributed by atoms with Crippen LogP contribution >= 0.6 is 0 Å². The van der Waals surface area contributed by atoms with Gasteiger partial charge in [-0.05, 0) is 42.4 Å². The van der Waals surface area contributed by atoms with Crippen LogP contribution in [0.25, 0.3) is 0 Å². The van der Waals surface area contributed by atoms with Crippen molar-refractivity contribution in [1.29, 1.82) is 0 Å². The van der Waals surface area contributed by atoms with E-state index in [1.165, 1.54) is 24.8 Å². The van der Waals surface area contributed by atoms with Crippen molar-refractivity contribution in [1.82, 2.24) is 0 Å². The molecule has 0 aromatic rings. The van der Waals surface area contributed by atoms with E-state index in [2.05, 4.69) is 27.4 Å². The molecule has 2 aliphatic carbocycles. The summed E-state index contributed by atoms with van der Waals surface area (Å²) in [6, 6.07) is 0. The molecule has 0 aliphatic heterocycles. The predicted octanol–water partition coefficient (Wildman–Crippen LogP) is 3.63. The summed E-state index contributed by atoms with van der Waals surface area (Å²) >= 11 is 0. The van der Waals surface area contributed by atoms with E-state index in [-0.39, 0.29) is 0 Å². The van der Waals surface area contributed by atoms with Crippen LogP contribution in [0.3, 0.4) is 0 Å². The molecule has 0 radical (unpaired) electrons. The molecule has 0 heteroatoms. The van der Waals surface area contributed by atoms with Crippen molar-refractivity contribution in [3.8, 4) is 0 Å². The van der Waals surface area contributed by atoms with E-state index in [0.29, 0.717) is 5.41 Å². The number of hydrogen-bond acceptors (Lipinski definition) is 0. The second-order valence-electron chi connectivity index (χ2n) is 5.28. The van der Waals surface area contributed by atoms with Crippen LogP contribution < -0.4 is 0 Å². The Morgan fingerprint density at radius 2 is 2.17 bits per heavy atom. The molecule has 2 aliphatic rings. The summed E-state index contributed by atoms with van der Waals surface area (Å²) < 4.78 is 0. The van der Waals surface area contributed by atoms with Crippen molar-refractivity contribution in [3.05, 3.63) is 12.2 Å². The summed E-state index contributed by atoms with van der Waals surface area (Å²) in [6.45, 7) is 11.3. The minimum Gasteiger partial charge on any atom is -0.0993 e. The van der Waals surface area contributed by atoms with Crippen molar-refractivity contribution in [3.63, 3.8) is 0 Å². The van der Waals surface area contributed by atoms with Crippen LogP contribution in [0.4, 0.5) is 0 Å². The highest BCUT2D eigenvalue weighted by Crippen LogP contribution is 2.63. The first-order valence-electron chi connectivity index (χ1n) is 5.24. The van der Waals surface area contributed by atoms with Crippen LogP contribution in [0.15, 0.2) is 12.2 Å². The van der Waals surface area contributed by atoms with E-state index in [0.717, 1.165) is 17.8 Å². The Morgan fingerprint density at radius 1 is 1.50 bits per heavy atom. The highest BCUT2D eigenvalue weighted by atomic mass is 14.6. The molecule has 0 unspecified atom stereocenters. The standard InChI is InChI=1S/C12H20/c1-8(2)10-5-6-12(4)9(3)7-11(10)12/h8,10-11H,3,5-7H2,1-2,4H3/t10-,11-,12-/m1/s1. The molecule has 3 atom stereocenters. The van der Waals surface area contributed by atoms with Crippen molar-refractivity contribution in [2.45, 2.75) is 40.0 Å². The van der Waals surface area contributed by atoms with Gasteiger partial charge in [0.05, 0.1) is 0 Å². The minimum absolute atomic E-state index is 0.551. The van der Waals surface area contributed by atoms with Gasteiger partial charge in [-0.15, -0.1) is 0 Å². The van der Waals surface area contributed by atoms with Crippen LogP contribution in [0.5, 0.6) is 0 Å². The fourth-order valence-electron chi connectivity index (χ4n) is 3.31. The van der Waals surface area contributed by atoms with Gasteiger partial charge in [0.2, 0.25) is 0 Å². The lowest BCUT2D eigenvalue weighted by Crippen LogP contribution is -2.39. The van der Waals surface area contributed by atoms with Crippen LogP contribution in [-0.2, 0) is 0 Å². The van der Waals surface area contributed by atoms with Crippen molar-refractivity contribution in [2.75, 3.05) is 0 Å². The Bertz CT molecular complexity index is 214. The summed E-state index contributed by atoms with van der Waals surface area (Å²) in [5.74, 6) is 2.84. The zero-order valence-electron chi connectivity index (χ0n) is 8.56. The SMILES string of the molecule is C=C1C[C@@H]2[C@@H](C(C)C)CC[C@]12C. The molecule has 68 valence electrons. The molecule has 2 saturated carbocycles. The Labute approximate surface area is 76.1 Å². The third-order valence-corrected chi connectivity index (χ3v) is 4.46. The minimum atomic E-state index is 0.551. The third-order valence-electron chi connectivity index (χ3n) is 4.46. The molecule has 0 heterocycles. The molecule has 12 heavy (non-hydrogen) atoms. The molecule has 0 N–H and O–H groups in total. The van der Waals surface area contributed by atoms with Gasteiger partial charge in [-0.3, -0.25) is 0 Å². The predicted molar refractivity (Wildman–Crippen MR) is 52.9 cm³/mol. The monoisotopic (exact) mass is 164 g/mol. The average Bonchev–Trinajstić information content (AvgIpc) is 2.26. The summed E-state index contributed by atoms with van der Waals surface area (Å²) in [4.78, 5) is 0. The van der Waals surface area contributed by atoms with E-state index in [4.69, 9.17) is 0 Å². The van der Waals surface area contributed by atoms with Gasteiger partial charge in [-0.1, -0.05) is 32.9 Å².